The fourth-order valence-electron chi connectivity index (χ4n) is 0.793. The summed E-state index contributed by atoms with van der Waals surface area (Å²) in [6.07, 6.45) is 1.57. The van der Waals surface area contributed by atoms with Crippen molar-refractivity contribution in [1.82, 2.24) is 0 Å². The van der Waals surface area contributed by atoms with E-state index in [1.54, 1.807) is 0 Å². The van der Waals surface area contributed by atoms with E-state index in [0.29, 0.717) is 18.9 Å². The topological polar surface area (TPSA) is 26.3 Å². The molecule has 0 aromatic heterocycles. The Morgan fingerprint density at radius 2 is 2.27 bits per heavy atom. The number of carbonyl (C=O) groups is 1. The van der Waals surface area contributed by atoms with Crippen LogP contribution in [0.4, 0.5) is 0 Å². The molecule has 0 saturated carbocycles. The van der Waals surface area contributed by atoms with Crippen molar-refractivity contribution in [2.45, 2.75) is 26.7 Å². The molecule has 0 aliphatic heterocycles. The Hall–Kier alpha value is -0.0500. The second-order valence-electron chi connectivity index (χ2n) is 2.59. The quantitative estimate of drug-likeness (QED) is 0.528. The summed E-state index contributed by atoms with van der Waals surface area (Å²) in [6.45, 7) is 4.37. The van der Waals surface area contributed by atoms with Crippen LogP contribution in [0.5, 0.6) is 0 Å². The fraction of sp³-hybridized carbons (Fsp3) is 0.875. The van der Waals surface area contributed by atoms with Crippen LogP contribution in [0.15, 0.2) is 0 Å². The van der Waals surface area contributed by atoms with Crippen LogP contribution >= 0.6 is 15.9 Å². The van der Waals surface area contributed by atoms with Gasteiger partial charge in [-0.05, 0) is 19.3 Å². The molecule has 0 N–H and O–H groups in total. The van der Waals surface area contributed by atoms with Crippen LogP contribution in [0, 0.1) is 5.92 Å². The van der Waals surface area contributed by atoms with Crippen LogP contribution in [0.1, 0.15) is 26.7 Å². The van der Waals surface area contributed by atoms with E-state index in [0.717, 1.165) is 11.8 Å². The van der Waals surface area contributed by atoms with Gasteiger partial charge in [-0.25, -0.2) is 0 Å². The van der Waals surface area contributed by atoms with Crippen molar-refractivity contribution in [2.24, 2.45) is 5.92 Å². The number of hydrogen-bond acceptors (Lipinski definition) is 2. The van der Waals surface area contributed by atoms with E-state index in [1.165, 1.54) is 0 Å². The number of carbonyl (C=O) groups excluding carboxylic acids is 1. The van der Waals surface area contributed by atoms with Gasteiger partial charge in [-0.1, -0.05) is 22.9 Å². The molecule has 0 rings (SSSR count). The third-order valence-electron chi connectivity index (χ3n) is 1.42. The van der Waals surface area contributed by atoms with E-state index < -0.39 is 0 Å². The van der Waals surface area contributed by atoms with Gasteiger partial charge in [0.25, 0.3) is 0 Å². The molecule has 0 amide bonds. The zero-order chi connectivity index (χ0) is 8.69. The Labute approximate surface area is 76.4 Å². The first kappa shape index (κ1) is 11.0. The highest BCUT2D eigenvalue weighted by Gasteiger charge is 2.08. The third kappa shape index (κ3) is 6.35. The highest BCUT2D eigenvalue weighted by molar-refractivity contribution is 9.09. The number of hydrogen-bond donors (Lipinski definition) is 0. The molecular formula is C8H15BrO2. The molecule has 0 fully saturated rings. The molecule has 11 heavy (non-hydrogen) atoms. The molecule has 0 aromatic rings. The van der Waals surface area contributed by atoms with Crippen molar-refractivity contribution >= 4 is 21.9 Å². The van der Waals surface area contributed by atoms with Crippen molar-refractivity contribution in [3.8, 4) is 0 Å². The molecule has 0 radical (unpaired) electrons. The van der Waals surface area contributed by atoms with E-state index in [4.69, 9.17) is 4.74 Å². The number of esters is 1. The first-order valence-corrected chi connectivity index (χ1v) is 5.04. The smallest absolute Gasteiger partial charge is 0.306 e. The van der Waals surface area contributed by atoms with Gasteiger partial charge in [-0.3, -0.25) is 4.79 Å². The lowest BCUT2D eigenvalue weighted by atomic mass is 10.1. The molecule has 0 aliphatic rings. The Kier molecular flexibility index (Phi) is 6.62. The van der Waals surface area contributed by atoms with E-state index in [-0.39, 0.29) is 5.97 Å². The van der Waals surface area contributed by atoms with Crippen molar-refractivity contribution in [3.05, 3.63) is 0 Å². The molecule has 0 aromatic carbocycles. The zero-order valence-electron chi connectivity index (χ0n) is 7.10. The SMILES string of the molecule is CCOC(=O)C[C@H](C)CCBr. The van der Waals surface area contributed by atoms with Crippen molar-refractivity contribution < 1.29 is 9.53 Å². The monoisotopic (exact) mass is 222 g/mol. The molecule has 66 valence electrons. The molecular weight excluding hydrogens is 208 g/mol. The summed E-state index contributed by atoms with van der Waals surface area (Å²) >= 11 is 3.33. The molecule has 0 heterocycles. The minimum absolute atomic E-state index is 0.0825. The van der Waals surface area contributed by atoms with Crippen LogP contribution < -0.4 is 0 Å². The average molecular weight is 223 g/mol. The summed E-state index contributed by atoms with van der Waals surface area (Å²) in [5, 5.41) is 0.952. The maximum absolute atomic E-state index is 10.9. The Bertz CT molecular complexity index is 115. The maximum Gasteiger partial charge on any atom is 0.306 e. The highest BCUT2D eigenvalue weighted by atomic mass is 79.9. The van der Waals surface area contributed by atoms with E-state index in [2.05, 4.69) is 22.9 Å². The predicted octanol–water partition coefficient (Wildman–Crippen LogP) is 2.36. The number of halogens is 1. The van der Waals surface area contributed by atoms with Gasteiger partial charge in [0.1, 0.15) is 0 Å². The number of ether oxygens (including phenoxy) is 1. The standard InChI is InChI=1S/C8H15BrO2/c1-3-11-8(10)6-7(2)4-5-9/h7H,3-6H2,1-2H3/t7-/m1/s1. The van der Waals surface area contributed by atoms with E-state index in [1.807, 2.05) is 6.92 Å². The fourth-order valence-corrected chi connectivity index (χ4v) is 1.57. The normalized spacial score (nSPS) is 12.6. The molecule has 2 nitrogen and oxygen atoms in total. The molecule has 1 atom stereocenters. The highest BCUT2D eigenvalue weighted by Crippen LogP contribution is 2.09. The van der Waals surface area contributed by atoms with Crippen LogP contribution in [0.2, 0.25) is 0 Å². The van der Waals surface area contributed by atoms with Gasteiger partial charge in [0, 0.05) is 11.8 Å². The Balaban J connectivity index is 3.40. The van der Waals surface area contributed by atoms with Gasteiger partial charge in [-0.15, -0.1) is 0 Å². The minimum Gasteiger partial charge on any atom is -0.466 e. The summed E-state index contributed by atoms with van der Waals surface area (Å²) in [5.74, 6) is 0.342. The summed E-state index contributed by atoms with van der Waals surface area (Å²) in [7, 11) is 0. The van der Waals surface area contributed by atoms with Crippen LogP contribution in [0.3, 0.4) is 0 Å². The number of rotatable bonds is 5. The predicted molar refractivity (Wildman–Crippen MR) is 48.8 cm³/mol. The average Bonchev–Trinajstić information content (AvgIpc) is 1.87. The maximum atomic E-state index is 10.9. The lowest BCUT2D eigenvalue weighted by Gasteiger charge is -2.07. The van der Waals surface area contributed by atoms with Crippen LogP contribution in [-0.2, 0) is 9.53 Å². The molecule has 0 spiro atoms. The molecule has 0 saturated heterocycles. The third-order valence-corrected chi connectivity index (χ3v) is 1.88. The minimum atomic E-state index is -0.0825. The van der Waals surface area contributed by atoms with Crippen molar-refractivity contribution in [1.29, 1.82) is 0 Å². The molecule has 0 unspecified atom stereocenters. The second-order valence-corrected chi connectivity index (χ2v) is 3.38. The molecule has 3 heteroatoms. The summed E-state index contributed by atoms with van der Waals surface area (Å²) in [6, 6.07) is 0. The van der Waals surface area contributed by atoms with Gasteiger partial charge >= 0.3 is 5.97 Å². The first-order chi connectivity index (χ1) is 5.20. The Morgan fingerprint density at radius 3 is 2.73 bits per heavy atom. The van der Waals surface area contributed by atoms with Crippen molar-refractivity contribution in [3.63, 3.8) is 0 Å². The van der Waals surface area contributed by atoms with Crippen molar-refractivity contribution in [2.75, 3.05) is 11.9 Å². The van der Waals surface area contributed by atoms with Crippen LogP contribution in [0.25, 0.3) is 0 Å². The van der Waals surface area contributed by atoms with Crippen LogP contribution in [-0.4, -0.2) is 17.9 Å². The van der Waals surface area contributed by atoms with Gasteiger partial charge in [-0.2, -0.15) is 0 Å². The van der Waals surface area contributed by atoms with Gasteiger partial charge in [0.15, 0.2) is 0 Å². The Morgan fingerprint density at radius 1 is 1.64 bits per heavy atom. The van der Waals surface area contributed by atoms with E-state index in [9.17, 15) is 4.79 Å². The van der Waals surface area contributed by atoms with Gasteiger partial charge in [0.2, 0.25) is 0 Å². The molecule has 0 bridgehead atoms. The lowest BCUT2D eigenvalue weighted by Crippen LogP contribution is -2.09. The van der Waals surface area contributed by atoms with Gasteiger partial charge in [0.05, 0.1) is 6.61 Å². The first-order valence-electron chi connectivity index (χ1n) is 3.92. The zero-order valence-corrected chi connectivity index (χ0v) is 8.69. The molecule has 0 aliphatic carbocycles. The van der Waals surface area contributed by atoms with E-state index >= 15 is 0 Å². The number of alkyl halides is 1. The second kappa shape index (κ2) is 6.65. The summed E-state index contributed by atoms with van der Waals surface area (Å²) < 4.78 is 4.80. The summed E-state index contributed by atoms with van der Waals surface area (Å²) in [5.41, 5.74) is 0. The lowest BCUT2D eigenvalue weighted by molar-refractivity contribution is -0.144. The summed E-state index contributed by atoms with van der Waals surface area (Å²) in [4.78, 5) is 10.9. The van der Waals surface area contributed by atoms with Gasteiger partial charge < -0.3 is 4.74 Å². The largest absolute Gasteiger partial charge is 0.466 e.